The second-order valence-corrected chi connectivity index (χ2v) is 6.78. The molecule has 0 aliphatic rings. The lowest BCUT2D eigenvalue weighted by Gasteiger charge is -2.19. The number of ether oxygens (including phenoxy) is 2. The molecule has 0 amide bonds. The van der Waals surface area contributed by atoms with E-state index in [4.69, 9.17) is 14.6 Å². The lowest BCUT2D eigenvalue weighted by atomic mass is 10.1. The zero-order valence-corrected chi connectivity index (χ0v) is 13.8. The number of carboxylic acids is 1. The molecule has 0 saturated carbocycles. The molecular weight excluding hydrogens is 310 g/mol. The highest BCUT2D eigenvalue weighted by Gasteiger charge is 2.30. The van der Waals surface area contributed by atoms with Crippen LogP contribution in [0.5, 0.6) is 5.75 Å². The van der Waals surface area contributed by atoms with Crippen LogP contribution >= 0.6 is 0 Å². The number of sulfonamides is 1. The third-order valence-electron chi connectivity index (χ3n) is 3.04. The van der Waals surface area contributed by atoms with Crippen LogP contribution in [-0.4, -0.2) is 39.8 Å². The van der Waals surface area contributed by atoms with Gasteiger partial charge in [-0.2, -0.15) is 4.72 Å². The predicted molar refractivity (Wildman–Crippen MR) is 80.3 cm³/mol. The van der Waals surface area contributed by atoms with Crippen LogP contribution in [0.1, 0.15) is 19.4 Å². The third-order valence-corrected chi connectivity index (χ3v) is 4.51. The number of benzene rings is 1. The van der Waals surface area contributed by atoms with Gasteiger partial charge in [0.15, 0.2) is 0 Å². The van der Waals surface area contributed by atoms with Gasteiger partial charge in [0.05, 0.1) is 13.7 Å². The molecule has 124 valence electrons. The molecule has 0 fully saturated rings. The molecule has 1 rings (SSSR count). The van der Waals surface area contributed by atoms with Crippen LogP contribution in [0, 0.1) is 5.92 Å². The average Bonchev–Trinajstić information content (AvgIpc) is 2.44. The lowest BCUT2D eigenvalue weighted by Crippen LogP contribution is -2.44. The summed E-state index contributed by atoms with van der Waals surface area (Å²) < 4.78 is 37.2. The summed E-state index contributed by atoms with van der Waals surface area (Å²) >= 11 is 0. The first-order chi connectivity index (χ1) is 10.2. The lowest BCUT2D eigenvalue weighted by molar-refractivity contribution is -0.140. The van der Waals surface area contributed by atoms with Crippen molar-refractivity contribution in [1.29, 1.82) is 0 Å². The second kappa shape index (κ2) is 7.57. The Morgan fingerprint density at radius 1 is 1.32 bits per heavy atom. The minimum absolute atomic E-state index is 0.114. The fraction of sp³-hybridized carbons (Fsp3) is 0.500. The van der Waals surface area contributed by atoms with Crippen LogP contribution < -0.4 is 9.46 Å². The van der Waals surface area contributed by atoms with Gasteiger partial charge in [0.25, 0.3) is 0 Å². The molecule has 0 unspecified atom stereocenters. The molecule has 1 atom stereocenters. The zero-order chi connectivity index (χ0) is 16.9. The van der Waals surface area contributed by atoms with Gasteiger partial charge in [-0.05, 0) is 23.6 Å². The predicted octanol–water partition coefficient (Wildman–Crippen LogP) is 1.23. The highest BCUT2D eigenvalue weighted by molar-refractivity contribution is 7.89. The molecule has 0 radical (unpaired) electrons. The fourth-order valence-electron chi connectivity index (χ4n) is 1.89. The molecule has 1 aromatic rings. The maximum absolute atomic E-state index is 12.5. The van der Waals surface area contributed by atoms with E-state index in [1.165, 1.54) is 26.4 Å². The number of hydrogen-bond acceptors (Lipinski definition) is 5. The molecule has 0 aliphatic carbocycles. The van der Waals surface area contributed by atoms with Crippen molar-refractivity contribution >= 4 is 16.0 Å². The van der Waals surface area contributed by atoms with Crippen molar-refractivity contribution in [3.63, 3.8) is 0 Å². The molecule has 0 aromatic heterocycles. The summed E-state index contributed by atoms with van der Waals surface area (Å²) in [4.78, 5) is 11.1. The number of carboxylic acid groups (broad SMARTS) is 1. The Bertz CT molecular complexity index is 626. The maximum atomic E-state index is 12.5. The molecule has 22 heavy (non-hydrogen) atoms. The molecule has 0 spiro atoms. The maximum Gasteiger partial charge on any atom is 0.322 e. The summed E-state index contributed by atoms with van der Waals surface area (Å²) in [6.45, 7) is 3.48. The second-order valence-electron chi connectivity index (χ2n) is 5.10. The van der Waals surface area contributed by atoms with Crippen LogP contribution in [0.4, 0.5) is 0 Å². The van der Waals surface area contributed by atoms with E-state index < -0.39 is 28.0 Å². The first-order valence-electron chi connectivity index (χ1n) is 6.64. The molecule has 0 saturated heterocycles. The number of nitrogens with one attached hydrogen (secondary N) is 1. The Hall–Kier alpha value is -1.64. The van der Waals surface area contributed by atoms with Crippen molar-refractivity contribution in [3.05, 3.63) is 23.8 Å². The Balaban J connectivity index is 3.25. The summed E-state index contributed by atoms with van der Waals surface area (Å²) in [7, 11) is -1.20. The van der Waals surface area contributed by atoms with E-state index in [2.05, 4.69) is 4.72 Å². The SMILES string of the molecule is COCc1ccc(OC)c(S(=O)(=O)N[C@H](C(=O)O)C(C)C)c1. The molecule has 0 bridgehead atoms. The summed E-state index contributed by atoms with van der Waals surface area (Å²) in [6.07, 6.45) is 0. The van der Waals surface area contributed by atoms with Crippen molar-refractivity contribution in [2.24, 2.45) is 5.92 Å². The van der Waals surface area contributed by atoms with Gasteiger partial charge in [-0.15, -0.1) is 0 Å². The molecule has 2 N–H and O–H groups in total. The van der Waals surface area contributed by atoms with E-state index in [1.54, 1.807) is 19.9 Å². The van der Waals surface area contributed by atoms with Crippen molar-refractivity contribution in [3.8, 4) is 5.75 Å². The monoisotopic (exact) mass is 331 g/mol. The summed E-state index contributed by atoms with van der Waals surface area (Å²) in [5.74, 6) is -1.49. The minimum atomic E-state index is -4.04. The van der Waals surface area contributed by atoms with Gasteiger partial charge in [0.1, 0.15) is 16.7 Å². The Labute approximate surface area is 130 Å². The van der Waals surface area contributed by atoms with Crippen LogP contribution in [-0.2, 0) is 26.2 Å². The highest BCUT2D eigenvalue weighted by Crippen LogP contribution is 2.25. The van der Waals surface area contributed by atoms with Gasteiger partial charge in [0, 0.05) is 7.11 Å². The molecule has 0 aliphatic heterocycles. The Kier molecular flexibility index (Phi) is 6.34. The fourth-order valence-corrected chi connectivity index (χ4v) is 3.45. The Morgan fingerprint density at radius 2 is 1.95 bits per heavy atom. The normalized spacial score (nSPS) is 13.1. The van der Waals surface area contributed by atoms with E-state index in [0.717, 1.165) is 0 Å². The van der Waals surface area contributed by atoms with E-state index >= 15 is 0 Å². The van der Waals surface area contributed by atoms with Crippen LogP contribution in [0.3, 0.4) is 0 Å². The van der Waals surface area contributed by atoms with Crippen molar-refractivity contribution < 1.29 is 27.8 Å². The summed E-state index contributed by atoms with van der Waals surface area (Å²) in [5, 5.41) is 9.14. The molecular formula is C14H21NO6S. The first kappa shape index (κ1) is 18.4. The van der Waals surface area contributed by atoms with Crippen molar-refractivity contribution in [2.45, 2.75) is 31.4 Å². The quantitative estimate of drug-likeness (QED) is 0.743. The number of carbonyl (C=O) groups is 1. The van der Waals surface area contributed by atoms with Crippen LogP contribution in [0.15, 0.2) is 23.1 Å². The van der Waals surface area contributed by atoms with E-state index in [0.29, 0.717) is 5.56 Å². The molecule has 1 aromatic carbocycles. The zero-order valence-electron chi connectivity index (χ0n) is 13.0. The average molecular weight is 331 g/mol. The van der Waals surface area contributed by atoms with Gasteiger partial charge in [0.2, 0.25) is 10.0 Å². The van der Waals surface area contributed by atoms with E-state index in [9.17, 15) is 13.2 Å². The minimum Gasteiger partial charge on any atom is -0.495 e. The highest BCUT2D eigenvalue weighted by atomic mass is 32.2. The number of methoxy groups -OCH3 is 2. The smallest absolute Gasteiger partial charge is 0.322 e. The topological polar surface area (TPSA) is 102 Å². The van der Waals surface area contributed by atoms with Gasteiger partial charge >= 0.3 is 5.97 Å². The third kappa shape index (κ3) is 4.43. The largest absolute Gasteiger partial charge is 0.495 e. The summed E-state index contributed by atoms with van der Waals surface area (Å²) in [6, 6.07) is 3.37. The van der Waals surface area contributed by atoms with E-state index in [-0.39, 0.29) is 17.3 Å². The van der Waals surface area contributed by atoms with Gasteiger partial charge in [-0.1, -0.05) is 19.9 Å². The van der Waals surface area contributed by atoms with Crippen LogP contribution in [0.25, 0.3) is 0 Å². The van der Waals surface area contributed by atoms with Crippen molar-refractivity contribution in [2.75, 3.05) is 14.2 Å². The molecule has 0 heterocycles. The van der Waals surface area contributed by atoms with Gasteiger partial charge in [-0.3, -0.25) is 4.79 Å². The van der Waals surface area contributed by atoms with E-state index in [1.807, 2.05) is 0 Å². The van der Waals surface area contributed by atoms with Crippen LogP contribution in [0.2, 0.25) is 0 Å². The first-order valence-corrected chi connectivity index (χ1v) is 8.12. The summed E-state index contributed by atoms with van der Waals surface area (Å²) in [5.41, 5.74) is 0.639. The standard InChI is InChI=1S/C14H21NO6S/c1-9(2)13(14(16)17)15-22(18,19)12-7-10(8-20-3)5-6-11(12)21-4/h5-7,9,13,15H,8H2,1-4H3,(H,16,17)/t13-/m0/s1. The number of aliphatic carboxylic acids is 1. The van der Waals surface area contributed by atoms with Crippen molar-refractivity contribution in [1.82, 2.24) is 4.72 Å². The molecule has 7 nitrogen and oxygen atoms in total. The number of hydrogen-bond donors (Lipinski definition) is 2. The number of rotatable bonds is 8. The van der Waals surface area contributed by atoms with Gasteiger partial charge < -0.3 is 14.6 Å². The Morgan fingerprint density at radius 3 is 2.41 bits per heavy atom. The van der Waals surface area contributed by atoms with Gasteiger partial charge in [-0.25, -0.2) is 8.42 Å². The molecule has 8 heteroatoms.